The molecule has 0 bridgehead atoms. The van der Waals surface area contributed by atoms with E-state index >= 15 is 0 Å². The molecule has 126 valence electrons. The Hall–Kier alpha value is -2.69. The van der Waals surface area contributed by atoms with Crippen molar-refractivity contribution in [2.75, 3.05) is 13.7 Å². The Bertz CT molecular complexity index is 744. The normalized spacial score (nSPS) is 17.0. The Labute approximate surface area is 141 Å². The van der Waals surface area contributed by atoms with Crippen molar-refractivity contribution >= 4 is 5.91 Å². The van der Waals surface area contributed by atoms with Crippen molar-refractivity contribution in [1.82, 2.24) is 5.32 Å². The Morgan fingerprint density at radius 3 is 2.75 bits per heavy atom. The van der Waals surface area contributed by atoms with Crippen LogP contribution in [0.5, 0.6) is 17.2 Å². The number of methoxy groups -OCH3 is 1. The van der Waals surface area contributed by atoms with Crippen molar-refractivity contribution in [3.05, 3.63) is 53.6 Å². The van der Waals surface area contributed by atoms with E-state index in [4.69, 9.17) is 14.2 Å². The van der Waals surface area contributed by atoms with Crippen molar-refractivity contribution in [2.24, 2.45) is 0 Å². The van der Waals surface area contributed by atoms with E-state index in [1.54, 1.807) is 13.2 Å². The number of carbonyl (C=O) groups excluding carboxylic acids is 1. The summed E-state index contributed by atoms with van der Waals surface area (Å²) in [5, 5.41) is 2.97. The molecule has 2 atom stereocenters. The van der Waals surface area contributed by atoms with E-state index in [0.717, 1.165) is 16.9 Å². The fraction of sp³-hybridized carbons (Fsp3) is 0.316. The molecule has 3 rings (SSSR count). The molecule has 1 aliphatic rings. The number of para-hydroxylation sites is 2. The van der Waals surface area contributed by atoms with Crippen LogP contribution in [0.3, 0.4) is 0 Å². The van der Waals surface area contributed by atoms with Crippen molar-refractivity contribution in [1.29, 1.82) is 0 Å². The third kappa shape index (κ3) is 3.30. The molecular formula is C19H21NO4. The van der Waals surface area contributed by atoms with Gasteiger partial charge < -0.3 is 19.5 Å². The topological polar surface area (TPSA) is 56.8 Å². The summed E-state index contributed by atoms with van der Waals surface area (Å²) in [7, 11) is 1.62. The van der Waals surface area contributed by atoms with Gasteiger partial charge in [-0.2, -0.15) is 0 Å². The molecule has 0 aromatic heterocycles. The summed E-state index contributed by atoms with van der Waals surface area (Å²) in [5.74, 6) is 1.79. The average Bonchev–Trinajstić information content (AvgIpc) is 2.61. The van der Waals surface area contributed by atoms with Crippen LogP contribution in [0.25, 0.3) is 0 Å². The summed E-state index contributed by atoms with van der Waals surface area (Å²) < 4.78 is 16.7. The average molecular weight is 327 g/mol. The zero-order valence-corrected chi connectivity index (χ0v) is 14.0. The maximum Gasteiger partial charge on any atom is 0.265 e. The lowest BCUT2D eigenvalue weighted by Crippen LogP contribution is -2.44. The van der Waals surface area contributed by atoms with Crippen LogP contribution in [-0.2, 0) is 4.79 Å². The lowest BCUT2D eigenvalue weighted by molar-refractivity contribution is -0.131. The largest absolute Gasteiger partial charge is 0.496 e. The van der Waals surface area contributed by atoms with E-state index in [2.05, 4.69) is 5.32 Å². The first-order chi connectivity index (χ1) is 11.6. The SMILES string of the molecule is COc1ccc(C)cc1[C@@H](C)NC(=O)[C@@H]1COc2ccccc2O1. The summed E-state index contributed by atoms with van der Waals surface area (Å²) in [5.41, 5.74) is 2.04. The van der Waals surface area contributed by atoms with Gasteiger partial charge in [-0.3, -0.25) is 4.79 Å². The number of ether oxygens (including phenoxy) is 3. The molecule has 1 aliphatic heterocycles. The summed E-state index contributed by atoms with van der Waals surface area (Å²) in [6, 6.07) is 13.0. The molecule has 1 N–H and O–H groups in total. The molecule has 0 radical (unpaired) electrons. The number of amides is 1. The van der Waals surface area contributed by atoms with Gasteiger partial charge in [0.05, 0.1) is 13.2 Å². The molecule has 0 saturated heterocycles. The van der Waals surface area contributed by atoms with Crippen LogP contribution >= 0.6 is 0 Å². The van der Waals surface area contributed by atoms with Gasteiger partial charge in [0, 0.05) is 5.56 Å². The third-order valence-corrected chi connectivity index (χ3v) is 4.01. The summed E-state index contributed by atoms with van der Waals surface area (Å²) in [6.07, 6.45) is -0.668. The minimum atomic E-state index is -0.668. The van der Waals surface area contributed by atoms with Crippen LogP contribution in [0.2, 0.25) is 0 Å². The highest BCUT2D eigenvalue weighted by Gasteiger charge is 2.28. The summed E-state index contributed by atoms with van der Waals surface area (Å²) in [4.78, 5) is 12.5. The second-order valence-corrected chi connectivity index (χ2v) is 5.84. The van der Waals surface area contributed by atoms with E-state index in [1.165, 1.54) is 0 Å². The van der Waals surface area contributed by atoms with Gasteiger partial charge in [-0.15, -0.1) is 0 Å². The molecule has 5 nitrogen and oxygen atoms in total. The van der Waals surface area contributed by atoms with Crippen LogP contribution in [-0.4, -0.2) is 25.7 Å². The van der Waals surface area contributed by atoms with Crippen LogP contribution < -0.4 is 19.5 Å². The molecule has 1 amide bonds. The standard InChI is InChI=1S/C19H21NO4/c1-12-8-9-15(22-3)14(10-12)13(2)20-19(21)18-11-23-16-6-4-5-7-17(16)24-18/h4-10,13,18H,11H2,1-3H3,(H,20,21)/t13-,18+/m1/s1. The minimum Gasteiger partial charge on any atom is -0.496 e. The molecule has 0 fully saturated rings. The molecule has 24 heavy (non-hydrogen) atoms. The number of aryl methyl sites for hydroxylation is 1. The van der Waals surface area contributed by atoms with Crippen molar-refractivity contribution < 1.29 is 19.0 Å². The predicted octanol–water partition coefficient (Wildman–Crippen LogP) is 3.02. The number of carbonyl (C=O) groups is 1. The molecule has 2 aromatic rings. The van der Waals surface area contributed by atoms with Gasteiger partial charge in [0.15, 0.2) is 11.5 Å². The van der Waals surface area contributed by atoms with Crippen LogP contribution in [0.1, 0.15) is 24.1 Å². The first-order valence-corrected chi connectivity index (χ1v) is 7.92. The van der Waals surface area contributed by atoms with Gasteiger partial charge in [0.25, 0.3) is 5.91 Å². The van der Waals surface area contributed by atoms with Gasteiger partial charge in [-0.25, -0.2) is 0 Å². The molecule has 0 saturated carbocycles. The zero-order chi connectivity index (χ0) is 17.1. The number of rotatable bonds is 4. The first kappa shape index (κ1) is 16.2. The zero-order valence-electron chi connectivity index (χ0n) is 14.0. The number of nitrogens with one attached hydrogen (secondary N) is 1. The molecule has 2 aromatic carbocycles. The quantitative estimate of drug-likeness (QED) is 0.938. The van der Waals surface area contributed by atoms with Gasteiger partial charge in [-0.1, -0.05) is 29.8 Å². The number of benzene rings is 2. The monoisotopic (exact) mass is 327 g/mol. The van der Waals surface area contributed by atoms with Crippen LogP contribution in [0, 0.1) is 6.92 Å². The second kappa shape index (κ2) is 6.83. The van der Waals surface area contributed by atoms with Crippen LogP contribution in [0.4, 0.5) is 0 Å². The smallest absolute Gasteiger partial charge is 0.265 e. The van der Waals surface area contributed by atoms with Crippen molar-refractivity contribution in [2.45, 2.75) is 26.0 Å². The third-order valence-electron chi connectivity index (χ3n) is 4.01. The highest BCUT2D eigenvalue weighted by atomic mass is 16.6. The Morgan fingerprint density at radius 1 is 1.25 bits per heavy atom. The van der Waals surface area contributed by atoms with Gasteiger partial charge >= 0.3 is 0 Å². The van der Waals surface area contributed by atoms with Crippen molar-refractivity contribution in [3.8, 4) is 17.2 Å². The maximum absolute atomic E-state index is 12.5. The Kier molecular flexibility index (Phi) is 4.60. The van der Waals surface area contributed by atoms with E-state index in [-0.39, 0.29) is 18.6 Å². The molecular weight excluding hydrogens is 306 g/mol. The minimum absolute atomic E-state index is 0.195. The van der Waals surface area contributed by atoms with Crippen molar-refractivity contribution in [3.63, 3.8) is 0 Å². The molecule has 0 spiro atoms. The van der Waals surface area contributed by atoms with E-state index < -0.39 is 6.10 Å². The van der Waals surface area contributed by atoms with E-state index in [1.807, 2.05) is 50.2 Å². The molecule has 1 heterocycles. The van der Waals surface area contributed by atoms with Crippen LogP contribution in [0.15, 0.2) is 42.5 Å². The fourth-order valence-corrected chi connectivity index (χ4v) is 2.72. The highest BCUT2D eigenvalue weighted by Crippen LogP contribution is 2.31. The Balaban J connectivity index is 1.70. The first-order valence-electron chi connectivity index (χ1n) is 7.92. The number of fused-ring (bicyclic) bond motifs is 1. The lowest BCUT2D eigenvalue weighted by atomic mass is 10.0. The van der Waals surface area contributed by atoms with Gasteiger partial charge in [-0.05, 0) is 32.0 Å². The molecule has 0 aliphatic carbocycles. The second-order valence-electron chi connectivity index (χ2n) is 5.84. The van der Waals surface area contributed by atoms with Gasteiger partial charge in [0.2, 0.25) is 6.10 Å². The molecule has 0 unspecified atom stereocenters. The summed E-state index contributed by atoms with van der Waals surface area (Å²) in [6.45, 7) is 4.12. The Morgan fingerprint density at radius 2 is 2.00 bits per heavy atom. The summed E-state index contributed by atoms with van der Waals surface area (Å²) >= 11 is 0. The predicted molar refractivity (Wildman–Crippen MR) is 90.6 cm³/mol. The maximum atomic E-state index is 12.5. The fourth-order valence-electron chi connectivity index (χ4n) is 2.72. The van der Waals surface area contributed by atoms with E-state index in [0.29, 0.717) is 11.5 Å². The van der Waals surface area contributed by atoms with Gasteiger partial charge in [0.1, 0.15) is 12.4 Å². The lowest BCUT2D eigenvalue weighted by Gasteiger charge is -2.27. The molecule has 5 heteroatoms. The van der Waals surface area contributed by atoms with E-state index in [9.17, 15) is 4.79 Å². The highest BCUT2D eigenvalue weighted by molar-refractivity contribution is 5.82. The number of hydrogen-bond donors (Lipinski definition) is 1. The number of hydrogen-bond acceptors (Lipinski definition) is 4.